The van der Waals surface area contributed by atoms with Crippen LogP contribution in [0.2, 0.25) is 0 Å². The standard InChI is InChI=1S/C25H24O3/c1-3-4-18-27-24-16-14-22(15-17-24)21-10-12-23(13-11-21)25(26)28-19(2)20-8-6-5-7-9-20/h3-17,19H,18H2,1-2H3. The highest BCUT2D eigenvalue weighted by Gasteiger charge is 2.13. The predicted molar refractivity (Wildman–Crippen MR) is 112 cm³/mol. The van der Waals surface area contributed by atoms with Crippen LogP contribution in [0.4, 0.5) is 0 Å². The summed E-state index contributed by atoms with van der Waals surface area (Å²) < 4.78 is 11.2. The van der Waals surface area contributed by atoms with Gasteiger partial charge in [0.1, 0.15) is 18.5 Å². The van der Waals surface area contributed by atoms with Gasteiger partial charge in [0.25, 0.3) is 0 Å². The van der Waals surface area contributed by atoms with Crippen LogP contribution in [-0.2, 0) is 4.74 Å². The molecule has 0 heterocycles. The van der Waals surface area contributed by atoms with Gasteiger partial charge in [-0.05, 0) is 54.8 Å². The smallest absolute Gasteiger partial charge is 0.338 e. The van der Waals surface area contributed by atoms with Gasteiger partial charge in [-0.2, -0.15) is 0 Å². The van der Waals surface area contributed by atoms with Crippen LogP contribution in [0.1, 0.15) is 35.9 Å². The van der Waals surface area contributed by atoms with Crippen molar-refractivity contribution < 1.29 is 14.3 Å². The van der Waals surface area contributed by atoms with Crippen molar-refractivity contribution in [2.45, 2.75) is 20.0 Å². The zero-order valence-electron chi connectivity index (χ0n) is 16.2. The van der Waals surface area contributed by atoms with Crippen LogP contribution in [0, 0.1) is 0 Å². The Morgan fingerprint density at radius 1 is 0.893 bits per heavy atom. The Labute approximate surface area is 166 Å². The first-order valence-corrected chi connectivity index (χ1v) is 9.38. The van der Waals surface area contributed by atoms with Crippen LogP contribution in [0.25, 0.3) is 11.1 Å². The molecule has 3 heteroatoms. The van der Waals surface area contributed by atoms with Crippen LogP contribution in [0.5, 0.6) is 5.75 Å². The van der Waals surface area contributed by atoms with Crippen molar-refractivity contribution in [1.82, 2.24) is 0 Å². The van der Waals surface area contributed by atoms with E-state index in [1.807, 2.05) is 92.7 Å². The summed E-state index contributed by atoms with van der Waals surface area (Å²) in [6, 6.07) is 25.1. The van der Waals surface area contributed by atoms with Gasteiger partial charge in [0.05, 0.1) is 5.56 Å². The van der Waals surface area contributed by atoms with Crippen LogP contribution in [0.15, 0.2) is 91.0 Å². The molecule has 3 aromatic carbocycles. The third kappa shape index (κ3) is 5.10. The van der Waals surface area contributed by atoms with E-state index in [2.05, 4.69) is 0 Å². The first kappa shape index (κ1) is 19.4. The molecule has 0 N–H and O–H groups in total. The molecular weight excluding hydrogens is 348 g/mol. The molecular formula is C25H24O3. The van der Waals surface area contributed by atoms with Crippen molar-refractivity contribution in [2.75, 3.05) is 6.61 Å². The summed E-state index contributed by atoms with van der Waals surface area (Å²) in [5, 5.41) is 0. The third-order valence-electron chi connectivity index (χ3n) is 4.44. The zero-order valence-corrected chi connectivity index (χ0v) is 16.2. The molecule has 3 rings (SSSR count). The molecule has 0 radical (unpaired) electrons. The van der Waals surface area contributed by atoms with E-state index in [-0.39, 0.29) is 12.1 Å². The number of esters is 1. The number of hydrogen-bond donors (Lipinski definition) is 0. The fraction of sp³-hybridized carbons (Fsp3) is 0.160. The highest BCUT2D eigenvalue weighted by atomic mass is 16.5. The summed E-state index contributed by atoms with van der Waals surface area (Å²) in [6.07, 6.45) is 3.63. The Hall–Kier alpha value is -3.33. The molecule has 0 amide bonds. The summed E-state index contributed by atoms with van der Waals surface area (Å²) in [5.41, 5.74) is 3.62. The Morgan fingerprint density at radius 3 is 2.11 bits per heavy atom. The van der Waals surface area contributed by atoms with Gasteiger partial charge < -0.3 is 9.47 Å². The SMILES string of the molecule is CC=CCOc1ccc(-c2ccc(C(=O)OC(C)c3ccccc3)cc2)cc1. The summed E-state index contributed by atoms with van der Waals surface area (Å²) in [5.74, 6) is 0.507. The van der Waals surface area contributed by atoms with E-state index in [4.69, 9.17) is 9.47 Å². The number of allylic oxidation sites excluding steroid dienone is 1. The van der Waals surface area contributed by atoms with Crippen molar-refractivity contribution in [3.63, 3.8) is 0 Å². The Kier molecular flexibility index (Phi) is 6.64. The minimum atomic E-state index is -0.323. The fourth-order valence-electron chi connectivity index (χ4n) is 2.80. The molecule has 1 unspecified atom stereocenters. The van der Waals surface area contributed by atoms with Gasteiger partial charge >= 0.3 is 5.97 Å². The van der Waals surface area contributed by atoms with Gasteiger partial charge in [-0.3, -0.25) is 0 Å². The van der Waals surface area contributed by atoms with Crippen molar-refractivity contribution in [2.24, 2.45) is 0 Å². The van der Waals surface area contributed by atoms with Gasteiger partial charge in [0.15, 0.2) is 0 Å². The van der Waals surface area contributed by atoms with Gasteiger partial charge in [-0.25, -0.2) is 4.79 Å². The number of benzene rings is 3. The van der Waals surface area contributed by atoms with E-state index in [1.54, 1.807) is 12.1 Å². The van der Waals surface area contributed by atoms with E-state index in [1.165, 1.54) is 0 Å². The molecule has 0 aliphatic carbocycles. The van der Waals surface area contributed by atoms with Gasteiger partial charge in [0, 0.05) is 0 Å². The highest BCUT2D eigenvalue weighted by molar-refractivity contribution is 5.90. The number of ether oxygens (including phenoxy) is 2. The normalized spacial score (nSPS) is 11.9. The number of carbonyl (C=O) groups excluding carboxylic acids is 1. The second-order valence-electron chi connectivity index (χ2n) is 6.44. The first-order valence-electron chi connectivity index (χ1n) is 9.38. The number of hydrogen-bond acceptors (Lipinski definition) is 3. The first-order chi connectivity index (χ1) is 13.7. The molecule has 0 bridgehead atoms. The molecule has 0 aliphatic rings. The van der Waals surface area contributed by atoms with E-state index in [0.717, 1.165) is 22.4 Å². The lowest BCUT2D eigenvalue weighted by Crippen LogP contribution is -2.09. The van der Waals surface area contributed by atoms with Gasteiger partial charge in [0.2, 0.25) is 0 Å². The Balaban J connectivity index is 1.63. The second kappa shape index (κ2) is 9.56. The maximum absolute atomic E-state index is 12.4. The monoisotopic (exact) mass is 372 g/mol. The second-order valence-corrected chi connectivity index (χ2v) is 6.44. The summed E-state index contributed by atoms with van der Waals surface area (Å²) in [4.78, 5) is 12.4. The molecule has 0 fully saturated rings. The van der Waals surface area contributed by atoms with Crippen molar-refractivity contribution >= 4 is 5.97 Å². The summed E-state index contributed by atoms with van der Waals surface area (Å²) in [6.45, 7) is 4.41. The van der Waals surface area contributed by atoms with Gasteiger partial charge in [-0.15, -0.1) is 0 Å². The maximum Gasteiger partial charge on any atom is 0.338 e. The zero-order chi connectivity index (χ0) is 19.8. The number of carbonyl (C=O) groups is 1. The quantitative estimate of drug-likeness (QED) is 0.364. The molecule has 3 aromatic rings. The van der Waals surface area contributed by atoms with Gasteiger partial charge in [-0.1, -0.05) is 66.7 Å². The molecule has 1 atom stereocenters. The molecule has 0 saturated carbocycles. The lowest BCUT2D eigenvalue weighted by atomic mass is 10.0. The van der Waals surface area contributed by atoms with Crippen LogP contribution in [0.3, 0.4) is 0 Å². The van der Waals surface area contributed by atoms with E-state index >= 15 is 0 Å². The third-order valence-corrected chi connectivity index (χ3v) is 4.44. The largest absolute Gasteiger partial charge is 0.490 e. The van der Waals surface area contributed by atoms with Crippen molar-refractivity contribution in [3.05, 3.63) is 102 Å². The lowest BCUT2D eigenvalue weighted by molar-refractivity contribution is 0.0338. The average Bonchev–Trinajstić information content (AvgIpc) is 2.75. The Bertz CT molecular complexity index is 910. The van der Waals surface area contributed by atoms with E-state index in [9.17, 15) is 4.79 Å². The Morgan fingerprint density at radius 2 is 1.50 bits per heavy atom. The minimum Gasteiger partial charge on any atom is -0.490 e. The summed E-state index contributed by atoms with van der Waals surface area (Å²) >= 11 is 0. The van der Waals surface area contributed by atoms with Crippen LogP contribution in [-0.4, -0.2) is 12.6 Å². The van der Waals surface area contributed by atoms with E-state index in [0.29, 0.717) is 12.2 Å². The molecule has 0 aliphatic heterocycles. The summed E-state index contributed by atoms with van der Waals surface area (Å²) in [7, 11) is 0. The van der Waals surface area contributed by atoms with Crippen LogP contribution >= 0.6 is 0 Å². The average molecular weight is 372 g/mol. The van der Waals surface area contributed by atoms with Crippen LogP contribution < -0.4 is 4.74 Å². The topological polar surface area (TPSA) is 35.5 Å². The minimum absolute atomic E-state index is 0.288. The van der Waals surface area contributed by atoms with E-state index < -0.39 is 0 Å². The molecule has 0 saturated heterocycles. The molecule has 28 heavy (non-hydrogen) atoms. The molecule has 0 spiro atoms. The molecule has 3 nitrogen and oxygen atoms in total. The molecule has 142 valence electrons. The van der Waals surface area contributed by atoms with Crippen molar-refractivity contribution in [1.29, 1.82) is 0 Å². The molecule has 0 aromatic heterocycles. The lowest BCUT2D eigenvalue weighted by Gasteiger charge is -2.13. The predicted octanol–water partition coefficient (Wildman–Crippen LogP) is 6.23. The maximum atomic E-state index is 12.4. The highest BCUT2D eigenvalue weighted by Crippen LogP contribution is 2.24. The number of rotatable bonds is 7. The van der Waals surface area contributed by atoms with Crippen molar-refractivity contribution in [3.8, 4) is 16.9 Å². The fourth-order valence-corrected chi connectivity index (χ4v) is 2.80.